The van der Waals surface area contributed by atoms with Crippen molar-refractivity contribution in [3.63, 3.8) is 0 Å². The smallest absolute Gasteiger partial charge is 0.224 e. The molecule has 2 aromatic carbocycles. The van der Waals surface area contributed by atoms with Gasteiger partial charge in [0.05, 0.1) is 12.7 Å². The molecule has 1 fully saturated rings. The SMILES string of the molecule is CN1CCOC(c2ccc(NC(=O)CCc3cccc(F)c3)cc2)C1. The normalized spacial score (nSPS) is 18.1. The van der Waals surface area contributed by atoms with E-state index >= 15 is 0 Å². The Hall–Kier alpha value is -2.24. The highest BCUT2D eigenvalue weighted by Gasteiger charge is 2.19. The molecule has 2 aromatic rings. The van der Waals surface area contributed by atoms with Crippen molar-refractivity contribution in [2.45, 2.75) is 18.9 Å². The first-order chi connectivity index (χ1) is 12.1. The number of aryl methyl sites for hydroxylation is 1. The molecule has 0 aromatic heterocycles. The van der Waals surface area contributed by atoms with Gasteiger partial charge in [0, 0.05) is 25.2 Å². The van der Waals surface area contributed by atoms with Gasteiger partial charge in [-0.15, -0.1) is 0 Å². The summed E-state index contributed by atoms with van der Waals surface area (Å²) in [5.74, 6) is -0.352. The van der Waals surface area contributed by atoms with Crippen LogP contribution in [-0.4, -0.2) is 37.6 Å². The third-order valence-corrected chi connectivity index (χ3v) is 4.37. The summed E-state index contributed by atoms with van der Waals surface area (Å²) in [5.41, 5.74) is 2.70. The van der Waals surface area contributed by atoms with Gasteiger partial charge < -0.3 is 15.0 Å². The van der Waals surface area contributed by atoms with Crippen LogP contribution >= 0.6 is 0 Å². The molecule has 1 aliphatic heterocycles. The van der Waals surface area contributed by atoms with E-state index in [1.807, 2.05) is 30.3 Å². The first-order valence-corrected chi connectivity index (χ1v) is 8.54. The molecule has 1 atom stereocenters. The number of ether oxygens (including phenoxy) is 1. The van der Waals surface area contributed by atoms with Gasteiger partial charge in [-0.1, -0.05) is 24.3 Å². The summed E-state index contributed by atoms with van der Waals surface area (Å²) in [4.78, 5) is 14.3. The number of likely N-dealkylation sites (N-methyl/N-ethyl adjacent to an activating group) is 1. The number of carbonyl (C=O) groups is 1. The fraction of sp³-hybridized carbons (Fsp3) is 0.350. The minimum atomic E-state index is -0.274. The maximum atomic E-state index is 13.1. The van der Waals surface area contributed by atoms with Crippen LogP contribution in [0.15, 0.2) is 48.5 Å². The zero-order chi connectivity index (χ0) is 17.6. The molecule has 1 aliphatic rings. The molecule has 132 valence electrons. The largest absolute Gasteiger partial charge is 0.371 e. The predicted molar refractivity (Wildman–Crippen MR) is 96.0 cm³/mol. The fourth-order valence-corrected chi connectivity index (χ4v) is 2.93. The summed E-state index contributed by atoms with van der Waals surface area (Å²) in [5, 5.41) is 2.88. The fourth-order valence-electron chi connectivity index (χ4n) is 2.93. The minimum Gasteiger partial charge on any atom is -0.371 e. The second-order valence-corrected chi connectivity index (χ2v) is 6.42. The van der Waals surface area contributed by atoms with Crippen molar-refractivity contribution in [1.82, 2.24) is 4.90 Å². The Morgan fingerprint density at radius 1 is 1.28 bits per heavy atom. The second kappa shape index (κ2) is 8.23. The van der Waals surface area contributed by atoms with Crippen LogP contribution in [0.2, 0.25) is 0 Å². The lowest BCUT2D eigenvalue weighted by Gasteiger charge is -2.30. The molecule has 0 spiro atoms. The van der Waals surface area contributed by atoms with E-state index < -0.39 is 0 Å². The van der Waals surface area contributed by atoms with E-state index in [-0.39, 0.29) is 17.8 Å². The predicted octanol–water partition coefficient (Wildman–Crippen LogP) is 3.40. The van der Waals surface area contributed by atoms with E-state index in [1.165, 1.54) is 12.1 Å². The van der Waals surface area contributed by atoms with Crippen molar-refractivity contribution in [3.8, 4) is 0 Å². The van der Waals surface area contributed by atoms with Crippen LogP contribution in [0.4, 0.5) is 10.1 Å². The van der Waals surface area contributed by atoms with E-state index in [2.05, 4.69) is 17.3 Å². The molecule has 25 heavy (non-hydrogen) atoms. The molecule has 0 bridgehead atoms. The standard InChI is InChI=1S/C20H23FN2O2/c1-23-11-12-25-19(14-23)16-6-8-18(9-7-16)22-20(24)10-5-15-3-2-4-17(21)13-15/h2-4,6-9,13,19H,5,10-12,14H2,1H3,(H,22,24). The molecule has 3 rings (SSSR count). The molecule has 5 heteroatoms. The summed E-state index contributed by atoms with van der Waals surface area (Å²) < 4.78 is 18.9. The van der Waals surface area contributed by atoms with E-state index in [9.17, 15) is 9.18 Å². The number of morpholine rings is 1. The molecule has 4 nitrogen and oxygen atoms in total. The summed E-state index contributed by atoms with van der Waals surface area (Å²) in [7, 11) is 2.09. The number of anilines is 1. The number of amides is 1. The highest BCUT2D eigenvalue weighted by atomic mass is 19.1. The summed E-state index contributed by atoms with van der Waals surface area (Å²) in [6.45, 7) is 2.56. The number of rotatable bonds is 5. The average molecular weight is 342 g/mol. The number of hydrogen-bond donors (Lipinski definition) is 1. The van der Waals surface area contributed by atoms with E-state index in [0.717, 1.165) is 36.5 Å². The Kier molecular flexibility index (Phi) is 5.79. The zero-order valence-corrected chi connectivity index (χ0v) is 14.4. The molecule has 0 saturated carbocycles. The molecular weight excluding hydrogens is 319 g/mol. The second-order valence-electron chi connectivity index (χ2n) is 6.42. The zero-order valence-electron chi connectivity index (χ0n) is 14.4. The lowest BCUT2D eigenvalue weighted by molar-refractivity contribution is -0.116. The van der Waals surface area contributed by atoms with Gasteiger partial charge in [-0.05, 0) is 48.9 Å². The third-order valence-electron chi connectivity index (χ3n) is 4.37. The summed E-state index contributed by atoms with van der Waals surface area (Å²) in [6, 6.07) is 14.1. The lowest BCUT2D eigenvalue weighted by Crippen LogP contribution is -2.35. The quantitative estimate of drug-likeness (QED) is 0.905. The van der Waals surface area contributed by atoms with E-state index in [4.69, 9.17) is 4.74 Å². The van der Waals surface area contributed by atoms with Crippen LogP contribution in [0.25, 0.3) is 0 Å². The topological polar surface area (TPSA) is 41.6 Å². The lowest BCUT2D eigenvalue weighted by atomic mass is 10.1. The van der Waals surface area contributed by atoms with Crippen molar-refractivity contribution < 1.29 is 13.9 Å². The summed E-state index contributed by atoms with van der Waals surface area (Å²) in [6.07, 6.45) is 0.919. The van der Waals surface area contributed by atoms with Gasteiger partial charge in [0.1, 0.15) is 5.82 Å². The van der Waals surface area contributed by atoms with Gasteiger partial charge in [0.15, 0.2) is 0 Å². The van der Waals surface area contributed by atoms with E-state index in [0.29, 0.717) is 12.8 Å². The highest BCUT2D eigenvalue weighted by molar-refractivity contribution is 5.90. The molecule has 0 aliphatic carbocycles. The van der Waals surface area contributed by atoms with Gasteiger partial charge in [-0.3, -0.25) is 4.79 Å². The highest BCUT2D eigenvalue weighted by Crippen LogP contribution is 2.23. The minimum absolute atomic E-state index is 0.0781. The number of hydrogen-bond acceptors (Lipinski definition) is 3. The van der Waals surface area contributed by atoms with Crippen LogP contribution < -0.4 is 5.32 Å². The maximum Gasteiger partial charge on any atom is 0.224 e. The van der Waals surface area contributed by atoms with Gasteiger partial charge in [-0.25, -0.2) is 4.39 Å². The van der Waals surface area contributed by atoms with Crippen LogP contribution in [0.1, 0.15) is 23.7 Å². The Labute approximate surface area is 147 Å². The van der Waals surface area contributed by atoms with Gasteiger partial charge in [-0.2, -0.15) is 0 Å². The van der Waals surface area contributed by atoms with Crippen LogP contribution in [-0.2, 0) is 16.0 Å². The van der Waals surface area contributed by atoms with Crippen LogP contribution in [0, 0.1) is 5.82 Å². The van der Waals surface area contributed by atoms with Crippen molar-refractivity contribution in [3.05, 3.63) is 65.5 Å². The van der Waals surface area contributed by atoms with Crippen molar-refractivity contribution >= 4 is 11.6 Å². The Morgan fingerprint density at radius 3 is 2.80 bits per heavy atom. The first kappa shape index (κ1) is 17.6. The molecule has 1 saturated heterocycles. The molecule has 1 N–H and O–H groups in total. The monoisotopic (exact) mass is 342 g/mol. The number of benzene rings is 2. The third kappa shape index (κ3) is 5.11. The van der Waals surface area contributed by atoms with Gasteiger partial charge in [0.2, 0.25) is 5.91 Å². The number of carbonyl (C=O) groups excluding carboxylic acids is 1. The average Bonchev–Trinajstić information content (AvgIpc) is 2.61. The van der Waals surface area contributed by atoms with Crippen LogP contribution in [0.5, 0.6) is 0 Å². The maximum absolute atomic E-state index is 13.1. The van der Waals surface area contributed by atoms with Crippen LogP contribution in [0.3, 0.4) is 0 Å². The molecule has 0 radical (unpaired) electrons. The van der Waals surface area contributed by atoms with Crippen molar-refractivity contribution in [1.29, 1.82) is 0 Å². The van der Waals surface area contributed by atoms with Gasteiger partial charge in [0.25, 0.3) is 0 Å². The van der Waals surface area contributed by atoms with Crippen molar-refractivity contribution in [2.24, 2.45) is 0 Å². The molecule has 1 amide bonds. The Morgan fingerprint density at radius 2 is 2.08 bits per heavy atom. The number of nitrogens with zero attached hydrogens (tertiary/aromatic N) is 1. The number of halogens is 1. The molecule has 1 unspecified atom stereocenters. The molecular formula is C20H23FN2O2. The van der Waals surface area contributed by atoms with Gasteiger partial charge >= 0.3 is 0 Å². The Bertz CT molecular complexity index is 718. The van der Waals surface area contributed by atoms with Crippen molar-refractivity contribution in [2.75, 3.05) is 32.1 Å². The Balaban J connectivity index is 1.51. The molecule has 1 heterocycles. The van der Waals surface area contributed by atoms with E-state index in [1.54, 1.807) is 6.07 Å². The summed E-state index contributed by atoms with van der Waals surface area (Å²) >= 11 is 0. The first-order valence-electron chi connectivity index (χ1n) is 8.54. The number of nitrogens with one attached hydrogen (secondary N) is 1.